The zero-order chi connectivity index (χ0) is 8.97. The summed E-state index contributed by atoms with van der Waals surface area (Å²) in [5.41, 5.74) is 0. The van der Waals surface area contributed by atoms with Crippen LogP contribution in [-0.2, 0) is 18.4 Å². The van der Waals surface area contributed by atoms with Gasteiger partial charge in [0.1, 0.15) is 12.4 Å². The minimum atomic E-state index is 0.0892. The summed E-state index contributed by atoms with van der Waals surface area (Å²) in [4.78, 5) is 10.9. The summed E-state index contributed by atoms with van der Waals surface area (Å²) >= 11 is 0. The van der Waals surface area contributed by atoms with Crippen LogP contribution in [0.2, 0.25) is 0 Å². The molecule has 12 heavy (non-hydrogen) atoms. The summed E-state index contributed by atoms with van der Waals surface area (Å²) in [6, 6.07) is 0. The van der Waals surface area contributed by atoms with Crippen molar-refractivity contribution in [3.63, 3.8) is 0 Å². The second-order valence-corrected chi connectivity index (χ2v) is 2.74. The molecule has 0 saturated heterocycles. The molecule has 64 valence electrons. The average molecular weight is 165 g/mol. The lowest BCUT2D eigenvalue weighted by Crippen LogP contribution is -2.23. The van der Waals surface area contributed by atoms with Crippen LogP contribution in [0.3, 0.4) is 0 Å². The molecule has 3 heteroatoms. The molecular formula is C9H13N2O+. The number of rotatable bonds is 4. The topological polar surface area (TPSA) is 25.9 Å². The molecule has 0 saturated carbocycles. The Kier molecular flexibility index (Phi) is 2.80. The number of hydrogen-bond acceptors (Lipinski definition) is 1. The quantitative estimate of drug-likeness (QED) is 0.470. The van der Waals surface area contributed by atoms with Gasteiger partial charge in [0.25, 0.3) is 0 Å². The normalized spacial score (nSPS) is 9.75. The summed E-state index contributed by atoms with van der Waals surface area (Å²) in [6.07, 6.45) is 7.72. The smallest absolute Gasteiger partial charge is 0.243 e. The molecule has 0 fully saturated rings. The highest BCUT2D eigenvalue weighted by Gasteiger charge is 2.01. The van der Waals surface area contributed by atoms with E-state index in [0.29, 0.717) is 6.42 Å². The van der Waals surface area contributed by atoms with E-state index >= 15 is 0 Å². The molecule has 0 atom stereocenters. The number of hydrogen-bond donors (Lipinski definition) is 0. The van der Waals surface area contributed by atoms with Gasteiger partial charge in [-0.1, -0.05) is 6.58 Å². The number of ketones is 1. The van der Waals surface area contributed by atoms with Gasteiger partial charge in [0.15, 0.2) is 5.78 Å². The Bertz CT molecular complexity index is 288. The SMILES string of the molecule is C=CC(=O)CCn1cc[n+](C)c1. The molecule has 1 heterocycles. The number of nitrogens with zero attached hydrogens (tertiary/aromatic N) is 2. The molecular weight excluding hydrogens is 152 g/mol. The Labute approximate surface area is 71.9 Å². The monoisotopic (exact) mass is 165 g/mol. The van der Waals surface area contributed by atoms with Gasteiger partial charge in [0, 0.05) is 6.42 Å². The lowest BCUT2D eigenvalue weighted by Gasteiger charge is -1.91. The zero-order valence-electron chi connectivity index (χ0n) is 7.23. The van der Waals surface area contributed by atoms with E-state index < -0.39 is 0 Å². The first kappa shape index (κ1) is 8.71. The molecule has 3 nitrogen and oxygen atoms in total. The lowest BCUT2D eigenvalue weighted by atomic mass is 10.3. The zero-order valence-corrected chi connectivity index (χ0v) is 7.23. The molecule has 0 unspecified atom stereocenters. The van der Waals surface area contributed by atoms with Gasteiger partial charge in [-0.25, -0.2) is 9.13 Å². The molecule has 1 aromatic rings. The summed E-state index contributed by atoms with van der Waals surface area (Å²) in [6.45, 7) is 4.14. The molecule has 1 aromatic heterocycles. The average Bonchev–Trinajstić information content (AvgIpc) is 2.47. The molecule has 0 aliphatic rings. The van der Waals surface area contributed by atoms with E-state index in [1.54, 1.807) is 0 Å². The van der Waals surface area contributed by atoms with Crippen LogP contribution < -0.4 is 4.57 Å². The number of aromatic nitrogens is 2. The second kappa shape index (κ2) is 3.85. The van der Waals surface area contributed by atoms with Crippen molar-refractivity contribution < 1.29 is 9.36 Å². The van der Waals surface area contributed by atoms with E-state index in [4.69, 9.17) is 0 Å². The van der Waals surface area contributed by atoms with Gasteiger partial charge in [-0.2, -0.15) is 0 Å². The predicted molar refractivity (Wildman–Crippen MR) is 45.4 cm³/mol. The maximum Gasteiger partial charge on any atom is 0.243 e. The van der Waals surface area contributed by atoms with E-state index in [0.717, 1.165) is 6.54 Å². The molecule has 0 aromatic carbocycles. The van der Waals surface area contributed by atoms with Gasteiger partial charge >= 0.3 is 0 Å². The third-order valence-electron chi connectivity index (χ3n) is 1.67. The van der Waals surface area contributed by atoms with Crippen molar-refractivity contribution in [3.8, 4) is 0 Å². The van der Waals surface area contributed by atoms with Crippen LogP contribution in [0.4, 0.5) is 0 Å². The van der Waals surface area contributed by atoms with Crippen molar-refractivity contribution in [2.45, 2.75) is 13.0 Å². The number of imidazole rings is 1. The first-order valence-corrected chi connectivity index (χ1v) is 3.88. The summed E-state index contributed by atoms with van der Waals surface area (Å²) in [5.74, 6) is 0.0892. The van der Waals surface area contributed by atoms with Gasteiger partial charge in [0.05, 0.1) is 13.6 Å². The van der Waals surface area contributed by atoms with Gasteiger partial charge in [-0.15, -0.1) is 0 Å². The van der Waals surface area contributed by atoms with Crippen molar-refractivity contribution in [2.75, 3.05) is 0 Å². The Morgan fingerprint density at radius 3 is 3.00 bits per heavy atom. The second-order valence-electron chi connectivity index (χ2n) is 2.74. The van der Waals surface area contributed by atoms with Crippen LogP contribution >= 0.6 is 0 Å². The fourth-order valence-corrected chi connectivity index (χ4v) is 0.975. The summed E-state index contributed by atoms with van der Waals surface area (Å²) in [5, 5.41) is 0. The summed E-state index contributed by atoms with van der Waals surface area (Å²) < 4.78 is 3.92. The van der Waals surface area contributed by atoms with Gasteiger partial charge < -0.3 is 0 Å². The molecule has 0 aliphatic carbocycles. The highest BCUT2D eigenvalue weighted by Crippen LogP contribution is 1.90. The van der Waals surface area contributed by atoms with Crippen LogP contribution in [0.15, 0.2) is 31.4 Å². The highest BCUT2D eigenvalue weighted by atomic mass is 16.1. The molecule has 0 amide bonds. The molecule has 0 bridgehead atoms. The van der Waals surface area contributed by atoms with E-state index in [2.05, 4.69) is 6.58 Å². The third kappa shape index (κ3) is 2.34. The lowest BCUT2D eigenvalue weighted by molar-refractivity contribution is -0.671. The van der Waals surface area contributed by atoms with Gasteiger partial charge in [-0.05, 0) is 6.08 Å². The van der Waals surface area contributed by atoms with Crippen LogP contribution in [0.25, 0.3) is 0 Å². The minimum Gasteiger partial charge on any atom is -0.295 e. The first-order chi connectivity index (χ1) is 5.72. The molecule has 0 radical (unpaired) electrons. The van der Waals surface area contributed by atoms with Crippen LogP contribution in [0.1, 0.15) is 6.42 Å². The number of allylic oxidation sites excluding steroid dienone is 1. The molecule has 0 N–H and O–H groups in total. The maximum atomic E-state index is 10.9. The minimum absolute atomic E-state index is 0.0892. The number of aryl methyl sites for hydroxylation is 2. The Hall–Kier alpha value is -1.38. The van der Waals surface area contributed by atoms with Crippen LogP contribution in [0.5, 0.6) is 0 Å². The van der Waals surface area contributed by atoms with Crippen molar-refractivity contribution in [1.82, 2.24) is 4.57 Å². The summed E-state index contributed by atoms with van der Waals surface area (Å²) in [7, 11) is 1.95. The Balaban J connectivity index is 2.43. The molecule has 0 spiro atoms. The van der Waals surface area contributed by atoms with Gasteiger partial charge in [-0.3, -0.25) is 4.79 Å². The van der Waals surface area contributed by atoms with E-state index in [1.807, 2.05) is 34.9 Å². The standard InChI is InChI=1S/C9H13N2O/c1-3-9(12)4-5-11-7-6-10(2)8-11/h3,6-8H,1,4-5H2,2H3/q+1. The van der Waals surface area contributed by atoms with E-state index in [9.17, 15) is 4.79 Å². The fraction of sp³-hybridized carbons (Fsp3) is 0.333. The molecule has 0 aliphatic heterocycles. The number of carbonyl (C=O) groups is 1. The molecule has 1 rings (SSSR count). The van der Waals surface area contributed by atoms with Crippen molar-refractivity contribution >= 4 is 5.78 Å². The van der Waals surface area contributed by atoms with Gasteiger partial charge in [0.2, 0.25) is 6.33 Å². The van der Waals surface area contributed by atoms with Crippen LogP contribution in [-0.4, -0.2) is 10.4 Å². The predicted octanol–water partition coefficient (Wildman–Crippen LogP) is 0.458. The maximum absolute atomic E-state index is 10.9. The van der Waals surface area contributed by atoms with Crippen molar-refractivity contribution in [3.05, 3.63) is 31.4 Å². The third-order valence-corrected chi connectivity index (χ3v) is 1.67. The Morgan fingerprint density at radius 1 is 1.75 bits per heavy atom. The highest BCUT2D eigenvalue weighted by molar-refractivity contribution is 5.88. The van der Waals surface area contributed by atoms with Crippen LogP contribution in [0, 0.1) is 0 Å². The fourth-order valence-electron chi connectivity index (χ4n) is 0.975. The largest absolute Gasteiger partial charge is 0.295 e. The van der Waals surface area contributed by atoms with E-state index in [1.165, 1.54) is 6.08 Å². The van der Waals surface area contributed by atoms with Crippen molar-refractivity contribution in [1.29, 1.82) is 0 Å². The van der Waals surface area contributed by atoms with Crippen molar-refractivity contribution in [2.24, 2.45) is 7.05 Å². The number of carbonyl (C=O) groups excluding carboxylic acids is 1. The Morgan fingerprint density at radius 2 is 2.50 bits per heavy atom. The first-order valence-electron chi connectivity index (χ1n) is 3.88. The van der Waals surface area contributed by atoms with E-state index in [-0.39, 0.29) is 5.78 Å².